The number of fused-ring (bicyclic) bond motifs is 1. The van der Waals surface area contributed by atoms with Gasteiger partial charge in [-0.15, -0.1) is 0 Å². The van der Waals surface area contributed by atoms with Crippen LogP contribution in [0.4, 0.5) is 5.69 Å². The fourth-order valence-corrected chi connectivity index (χ4v) is 7.12. The molecule has 0 aliphatic carbocycles. The van der Waals surface area contributed by atoms with Gasteiger partial charge < -0.3 is 19.7 Å². The zero-order valence-electron chi connectivity index (χ0n) is 26.3. The molecule has 1 aliphatic rings. The van der Waals surface area contributed by atoms with Crippen LogP contribution in [0, 0.1) is 5.92 Å². The van der Waals surface area contributed by atoms with Crippen LogP contribution in [-0.2, 0) is 32.6 Å². The predicted molar refractivity (Wildman–Crippen MR) is 185 cm³/mol. The van der Waals surface area contributed by atoms with Gasteiger partial charge in [0.2, 0.25) is 11.8 Å². The Morgan fingerprint density at radius 3 is 2.17 bits per heavy atom. The molecule has 0 bridgehead atoms. The fraction of sp³-hybridized carbons (Fsp3) is 0.278. The van der Waals surface area contributed by atoms with Crippen LogP contribution in [0.25, 0.3) is 0 Å². The number of nitrogens with one attached hydrogen (secondary N) is 1. The van der Waals surface area contributed by atoms with E-state index in [-0.39, 0.29) is 35.4 Å². The minimum Gasteiger partial charge on any atom is -0.486 e. The third-order valence-corrected chi connectivity index (χ3v) is 9.90. The maximum absolute atomic E-state index is 14.6. The summed E-state index contributed by atoms with van der Waals surface area (Å²) in [5.74, 6) is 0.204. The Labute approximate surface area is 284 Å². The fourth-order valence-electron chi connectivity index (χ4n) is 5.24. The molecular formula is C36H38BrN3O6S. The zero-order chi connectivity index (χ0) is 33.4. The molecule has 4 aromatic rings. The molecule has 1 N–H and O–H groups in total. The highest BCUT2D eigenvalue weighted by Crippen LogP contribution is 2.36. The van der Waals surface area contributed by atoms with E-state index in [2.05, 4.69) is 21.2 Å². The minimum atomic E-state index is -4.23. The second kappa shape index (κ2) is 15.5. The molecule has 0 saturated carbocycles. The summed E-state index contributed by atoms with van der Waals surface area (Å²) in [5, 5.41) is 3.01. The van der Waals surface area contributed by atoms with Crippen molar-refractivity contribution in [3.8, 4) is 11.5 Å². The number of hydrogen-bond donors (Lipinski definition) is 1. The third-order valence-electron chi connectivity index (χ3n) is 7.62. The summed E-state index contributed by atoms with van der Waals surface area (Å²) in [6, 6.07) is 28.8. The lowest BCUT2D eigenvalue weighted by Gasteiger charge is -2.34. The maximum Gasteiger partial charge on any atom is 0.264 e. The second-order valence-electron chi connectivity index (χ2n) is 11.6. The van der Waals surface area contributed by atoms with E-state index >= 15 is 0 Å². The molecule has 246 valence electrons. The summed E-state index contributed by atoms with van der Waals surface area (Å²) in [6.45, 7) is 4.62. The Balaban J connectivity index is 1.58. The number of ether oxygens (including phenoxy) is 2. The van der Waals surface area contributed by atoms with Gasteiger partial charge >= 0.3 is 0 Å². The van der Waals surface area contributed by atoms with Gasteiger partial charge in [-0.2, -0.15) is 0 Å². The molecule has 5 rings (SSSR count). The number of hydrogen-bond acceptors (Lipinski definition) is 6. The van der Waals surface area contributed by atoms with Crippen molar-refractivity contribution in [2.24, 2.45) is 5.92 Å². The highest BCUT2D eigenvalue weighted by molar-refractivity contribution is 9.10. The van der Waals surface area contributed by atoms with Gasteiger partial charge in [0.1, 0.15) is 25.8 Å². The number of benzene rings is 4. The van der Waals surface area contributed by atoms with Gasteiger partial charge in [-0.05, 0) is 53.4 Å². The zero-order valence-corrected chi connectivity index (χ0v) is 28.7. The number of halogens is 1. The van der Waals surface area contributed by atoms with Gasteiger partial charge in [-0.3, -0.25) is 13.9 Å². The predicted octanol–water partition coefficient (Wildman–Crippen LogP) is 5.83. The summed E-state index contributed by atoms with van der Waals surface area (Å²) in [6.07, 6.45) is 0.236. The third kappa shape index (κ3) is 8.72. The molecule has 1 heterocycles. The first-order valence-electron chi connectivity index (χ1n) is 15.4. The van der Waals surface area contributed by atoms with Crippen molar-refractivity contribution in [1.29, 1.82) is 0 Å². The summed E-state index contributed by atoms with van der Waals surface area (Å²) >= 11 is 3.51. The molecule has 1 atom stereocenters. The maximum atomic E-state index is 14.6. The van der Waals surface area contributed by atoms with E-state index in [9.17, 15) is 18.0 Å². The number of carbonyl (C=O) groups excluding carboxylic acids is 2. The van der Waals surface area contributed by atoms with E-state index in [1.54, 1.807) is 36.4 Å². The Hall–Kier alpha value is -4.35. The smallest absolute Gasteiger partial charge is 0.264 e. The number of amides is 2. The quantitative estimate of drug-likeness (QED) is 0.187. The van der Waals surface area contributed by atoms with E-state index in [0.717, 1.165) is 19.9 Å². The lowest BCUT2D eigenvalue weighted by atomic mass is 10.0. The molecule has 9 nitrogen and oxygen atoms in total. The van der Waals surface area contributed by atoms with Crippen LogP contribution < -0.4 is 19.1 Å². The molecular weight excluding hydrogens is 682 g/mol. The molecule has 11 heteroatoms. The van der Waals surface area contributed by atoms with Crippen LogP contribution in [0.15, 0.2) is 112 Å². The van der Waals surface area contributed by atoms with Crippen molar-refractivity contribution in [1.82, 2.24) is 10.2 Å². The van der Waals surface area contributed by atoms with Gasteiger partial charge in [-0.1, -0.05) is 90.4 Å². The summed E-state index contributed by atoms with van der Waals surface area (Å²) < 4.78 is 41.8. The van der Waals surface area contributed by atoms with Crippen LogP contribution in [0.3, 0.4) is 0 Å². The van der Waals surface area contributed by atoms with Crippen LogP contribution >= 0.6 is 15.9 Å². The molecule has 0 saturated heterocycles. The first-order valence-corrected chi connectivity index (χ1v) is 17.7. The van der Waals surface area contributed by atoms with Crippen LogP contribution in [0.5, 0.6) is 11.5 Å². The monoisotopic (exact) mass is 719 g/mol. The van der Waals surface area contributed by atoms with Crippen LogP contribution in [-0.4, -0.2) is 57.5 Å². The molecule has 0 aromatic heterocycles. The average molecular weight is 721 g/mol. The first-order chi connectivity index (χ1) is 22.6. The van der Waals surface area contributed by atoms with Crippen molar-refractivity contribution in [3.05, 3.63) is 119 Å². The lowest BCUT2D eigenvalue weighted by molar-refractivity contribution is -0.140. The van der Waals surface area contributed by atoms with Crippen molar-refractivity contribution in [2.45, 2.75) is 37.8 Å². The van der Waals surface area contributed by atoms with Crippen molar-refractivity contribution in [3.63, 3.8) is 0 Å². The van der Waals surface area contributed by atoms with E-state index in [0.29, 0.717) is 31.3 Å². The molecule has 0 spiro atoms. The largest absolute Gasteiger partial charge is 0.486 e. The van der Waals surface area contributed by atoms with Gasteiger partial charge in [0.25, 0.3) is 10.0 Å². The number of anilines is 1. The van der Waals surface area contributed by atoms with E-state index in [1.165, 1.54) is 17.0 Å². The highest BCUT2D eigenvalue weighted by Gasteiger charge is 2.35. The molecule has 1 aliphatic heterocycles. The Bertz CT molecular complexity index is 1790. The topological polar surface area (TPSA) is 105 Å². The average Bonchev–Trinajstić information content (AvgIpc) is 3.08. The number of carbonyl (C=O) groups is 2. The molecule has 4 aromatic carbocycles. The summed E-state index contributed by atoms with van der Waals surface area (Å²) in [4.78, 5) is 30.0. The first kappa shape index (κ1) is 34.0. The standard InChI is InChI=1S/C36H38BrN3O6S/c1-26(2)23-38-36(42)32(21-27-10-5-3-6-11-27)39(24-28-12-9-13-29(37)20-28)35(41)25-40(47(43,44)31-14-7-4-8-15-31)30-16-17-33-34(22-30)46-19-18-45-33/h3-17,20,22,26,32H,18-19,21,23-25H2,1-2H3,(H,38,42)/t32-/m0/s1. The van der Waals surface area contributed by atoms with Crippen molar-refractivity contribution in [2.75, 3.05) is 30.6 Å². The van der Waals surface area contributed by atoms with Gasteiger partial charge in [0.15, 0.2) is 11.5 Å². The van der Waals surface area contributed by atoms with E-state index in [4.69, 9.17) is 9.47 Å². The number of rotatable bonds is 13. The Kier molecular flexibility index (Phi) is 11.2. The van der Waals surface area contributed by atoms with Gasteiger partial charge in [0.05, 0.1) is 10.6 Å². The Morgan fingerprint density at radius 1 is 0.830 bits per heavy atom. The van der Waals surface area contributed by atoms with Gasteiger partial charge in [0, 0.05) is 30.0 Å². The van der Waals surface area contributed by atoms with Crippen molar-refractivity contribution >= 4 is 43.5 Å². The Morgan fingerprint density at radius 2 is 1.49 bits per heavy atom. The van der Waals surface area contributed by atoms with Crippen molar-refractivity contribution < 1.29 is 27.5 Å². The van der Waals surface area contributed by atoms with Gasteiger partial charge in [-0.25, -0.2) is 8.42 Å². The lowest BCUT2D eigenvalue weighted by Crippen LogP contribution is -2.53. The molecule has 47 heavy (non-hydrogen) atoms. The summed E-state index contributed by atoms with van der Waals surface area (Å²) in [5.41, 5.74) is 1.88. The molecule has 0 radical (unpaired) electrons. The molecule has 0 unspecified atom stereocenters. The van der Waals surface area contributed by atoms with Crippen LogP contribution in [0.1, 0.15) is 25.0 Å². The minimum absolute atomic E-state index is 0.0248. The van der Waals surface area contributed by atoms with E-state index in [1.807, 2.05) is 68.4 Å². The SMILES string of the molecule is CC(C)CNC(=O)[C@H](Cc1ccccc1)N(Cc1cccc(Br)c1)C(=O)CN(c1ccc2c(c1)OCCO2)S(=O)(=O)c1ccccc1. The molecule has 0 fully saturated rings. The highest BCUT2D eigenvalue weighted by atomic mass is 79.9. The second-order valence-corrected chi connectivity index (χ2v) is 14.4. The number of nitrogens with zero attached hydrogens (tertiary/aromatic N) is 2. The molecule has 2 amide bonds. The van der Waals surface area contributed by atoms with E-state index < -0.39 is 28.5 Å². The summed E-state index contributed by atoms with van der Waals surface area (Å²) in [7, 11) is -4.23. The normalized spacial score (nSPS) is 13.1. The van der Waals surface area contributed by atoms with Crippen LogP contribution in [0.2, 0.25) is 0 Å². The number of sulfonamides is 1.